The van der Waals surface area contributed by atoms with E-state index < -0.39 is 0 Å². The van der Waals surface area contributed by atoms with Gasteiger partial charge in [0.25, 0.3) is 5.91 Å². The quantitative estimate of drug-likeness (QED) is 0.284. The Labute approximate surface area is 215 Å². The molecule has 194 valence electrons. The van der Waals surface area contributed by atoms with Gasteiger partial charge in [-0.2, -0.15) is 0 Å². The minimum absolute atomic E-state index is 0.0927. The molecule has 1 atom stereocenters. The summed E-state index contributed by atoms with van der Waals surface area (Å²) in [5.41, 5.74) is 1.97. The maximum absolute atomic E-state index is 13.2. The Morgan fingerprint density at radius 2 is 1.58 bits per heavy atom. The monoisotopic (exact) mass is 492 g/mol. The van der Waals surface area contributed by atoms with Crippen LogP contribution in [0.3, 0.4) is 0 Å². The molecule has 0 aromatic heterocycles. The third-order valence-electron chi connectivity index (χ3n) is 7.57. The lowest BCUT2D eigenvalue weighted by Gasteiger charge is -2.34. The molecule has 0 saturated carbocycles. The molecule has 4 rings (SSSR count). The van der Waals surface area contributed by atoms with E-state index in [4.69, 9.17) is 9.47 Å². The first-order chi connectivity index (χ1) is 17.6. The Kier molecular flexibility index (Phi) is 9.40. The third kappa shape index (κ3) is 6.67. The highest BCUT2D eigenvalue weighted by Crippen LogP contribution is 2.31. The lowest BCUT2D eigenvalue weighted by molar-refractivity contribution is -0.123. The topological polar surface area (TPSA) is 59.1 Å². The number of imide groups is 1. The van der Waals surface area contributed by atoms with Gasteiger partial charge in [0.15, 0.2) is 0 Å². The van der Waals surface area contributed by atoms with Gasteiger partial charge in [-0.3, -0.25) is 14.5 Å². The summed E-state index contributed by atoms with van der Waals surface area (Å²) in [6.45, 7) is 4.63. The number of carbonyl (C=O) groups excluding carboxylic acids is 2. The Bertz CT molecular complexity index is 981. The molecule has 0 radical (unpaired) electrons. The summed E-state index contributed by atoms with van der Waals surface area (Å²) in [6, 6.07) is 15.3. The molecule has 0 aliphatic carbocycles. The lowest BCUT2D eigenvalue weighted by atomic mass is 9.90. The van der Waals surface area contributed by atoms with Crippen molar-refractivity contribution >= 4 is 17.5 Å². The fraction of sp³-hybridized carbons (Fsp3) is 0.533. The summed E-state index contributed by atoms with van der Waals surface area (Å²) < 4.78 is 11.0. The largest absolute Gasteiger partial charge is 0.497 e. The van der Waals surface area contributed by atoms with E-state index in [0.717, 1.165) is 56.7 Å². The van der Waals surface area contributed by atoms with Gasteiger partial charge < -0.3 is 9.47 Å². The van der Waals surface area contributed by atoms with Gasteiger partial charge >= 0.3 is 0 Å². The van der Waals surface area contributed by atoms with Crippen molar-refractivity contribution in [2.45, 2.75) is 70.8 Å². The van der Waals surface area contributed by atoms with E-state index in [9.17, 15) is 9.59 Å². The molecule has 2 saturated heterocycles. The van der Waals surface area contributed by atoms with Gasteiger partial charge in [0, 0.05) is 0 Å². The van der Waals surface area contributed by atoms with Crippen LogP contribution in [0, 0.1) is 5.92 Å². The summed E-state index contributed by atoms with van der Waals surface area (Å²) in [5.74, 6) is 2.12. The van der Waals surface area contributed by atoms with Crippen molar-refractivity contribution < 1.29 is 19.1 Å². The number of nitrogens with zero attached hydrogens (tertiary/aromatic N) is 2. The van der Waals surface area contributed by atoms with Gasteiger partial charge in [-0.1, -0.05) is 38.3 Å². The number of likely N-dealkylation sites (tertiary alicyclic amines) is 1. The van der Waals surface area contributed by atoms with Crippen molar-refractivity contribution in [3.8, 4) is 11.5 Å². The zero-order chi connectivity index (χ0) is 25.3. The van der Waals surface area contributed by atoms with Crippen molar-refractivity contribution in [1.82, 2.24) is 4.90 Å². The van der Waals surface area contributed by atoms with Crippen LogP contribution in [0.2, 0.25) is 0 Å². The molecule has 1 unspecified atom stereocenters. The number of rotatable bonds is 12. The van der Waals surface area contributed by atoms with Crippen molar-refractivity contribution in [2.24, 2.45) is 5.92 Å². The Morgan fingerprint density at radius 3 is 2.25 bits per heavy atom. The Balaban J connectivity index is 1.24. The molecule has 2 aromatic carbocycles. The fourth-order valence-electron chi connectivity index (χ4n) is 5.30. The maximum Gasteiger partial charge on any atom is 0.251 e. The molecule has 36 heavy (non-hydrogen) atoms. The number of hydrogen-bond donors (Lipinski definition) is 0. The number of hydrogen-bond acceptors (Lipinski definition) is 5. The fourth-order valence-corrected chi connectivity index (χ4v) is 5.30. The molecular weight excluding hydrogens is 452 g/mol. The van der Waals surface area contributed by atoms with Crippen LogP contribution >= 0.6 is 0 Å². The van der Waals surface area contributed by atoms with E-state index >= 15 is 0 Å². The lowest BCUT2D eigenvalue weighted by Crippen LogP contribution is -2.46. The number of unbranched alkanes of at least 4 members (excludes halogenated alkanes) is 3. The van der Waals surface area contributed by atoms with Gasteiger partial charge in [-0.05, 0) is 93.1 Å². The molecule has 2 aliphatic heterocycles. The minimum Gasteiger partial charge on any atom is -0.497 e. The summed E-state index contributed by atoms with van der Waals surface area (Å²) >= 11 is 0. The predicted molar refractivity (Wildman–Crippen MR) is 143 cm³/mol. The Hall–Kier alpha value is -2.86. The molecule has 2 aromatic rings. The van der Waals surface area contributed by atoms with Crippen LogP contribution in [0.4, 0.5) is 5.69 Å². The predicted octanol–water partition coefficient (Wildman–Crippen LogP) is 5.63. The second-order valence-electron chi connectivity index (χ2n) is 10.1. The average Bonchev–Trinajstić information content (AvgIpc) is 3.22. The van der Waals surface area contributed by atoms with Crippen molar-refractivity contribution in [1.29, 1.82) is 0 Å². The smallest absolute Gasteiger partial charge is 0.251 e. The standard InChI is InChI=1S/C30H40N2O4/c1-3-4-5-6-21-36-27-15-11-25(12-16-27)32-29(33)22-28(30(32)34)31-19-17-24(18-20-31)8-7-23-9-13-26(35-2)14-10-23/h9-16,24,28H,3-8,17-22H2,1-2H3. The molecule has 0 spiro atoms. The van der Waals surface area contributed by atoms with Gasteiger partial charge in [0.2, 0.25) is 5.91 Å². The molecule has 0 bridgehead atoms. The molecule has 2 aliphatic rings. The summed E-state index contributed by atoms with van der Waals surface area (Å²) in [5, 5.41) is 0. The molecule has 2 heterocycles. The maximum atomic E-state index is 13.2. The zero-order valence-electron chi connectivity index (χ0n) is 21.8. The normalized spacial score (nSPS) is 19.2. The summed E-state index contributed by atoms with van der Waals surface area (Å²) in [6.07, 6.45) is 9.26. The molecule has 6 heteroatoms. The Morgan fingerprint density at radius 1 is 0.889 bits per heavy atom. The number of benzene rings is 2. The average molecular weight is 493 g/mol. The number of anilines is 1. The second kappa shape index (κ2) is 12.9. The second-order valence-corrected chi connectivity index (χ2v) is 10.1. The molecule has 6 nitrogen and oxygen atoms in total. The number of carbonyl (C=O) groups is 2. The number of piperidine rings is 1. The highest BCUT2D eigenvalue weighted by atomic mass is 16.5. The van der Waals surface area contributed by atoms with Crippen LogP contribution in [0.25, 0.3) is 0 Å². The van der Waals surface area contributed by atoms with E-state index in [1.807, 2.05) is 36.4 Å². The first-order valence-corrected chi connectivity index (χ1v) is 13.6. The van der Waals surface area contributed by atoms with Gasteiger partial charge in [-0.25, -0.2) is 4.90 Å². The van der Waals surface area contributed by atoms with Crippen LogP contribution < -0.4 is 14.4 Å². The number of amides is 2. The molecule has 2 amide bonds. The molecular formula is C30H40N2O4. The number of aryl methyl sites for hydroxylation is 1. The van der Waals surface area contributed by atoms with Crippen molar-refractivity contribution in [3.05, 3.63) is 54.1 Å². The van der Waals surface area contributed by atoms with Crippen LogP contribution in [-0.2, 0) is 16.0 Å². The van der Waals surface area contributed by atoms with Crippen LogP contribution in [-0.4, -0.2) is 49.6 Å². The van der Waals surface area contributed by atoms with E-state index in [2.05, 4.69) is 24.0 Å². The highest BCUT2D eigenvalue weighted by molar-refractivity contribution is 6.22. The van der Waals surface area contributed by atoms with E-state index in [1.54, 1.807) is 7.11 Å². The van der Waals surface area contributed by atoms with Crippen LogP contribution in [0.15, 0.2) is 48.5 Å². The molecule has 2 fully saturated rings. The van der Waals surface area contributed by atoms with Gasteiger partial charge in [0.1, 0.15) is 11.5 Å². The first kappa shape index (κ1) is 26.2. The SMILES string of the molecule is CCCCCCOc1ccc(N2C(=O)CC(N3CCC(CCc4ccc(OC)cc4)CC3)C2=O)cc1. The first-order valence-electron chi connectivity index (χ1n) is 13.6. The van der Waals surface area contributed by atoms with Crippen LogP contribution in [0.1, 0.15) is 63.9 Å². The summed E-state index contributed by atoms with van der Waals surface area (Å²) in [7, 11) is 1.69. The van der Waals surface area contributed by atoms with Gasteiger partial charge in [0.05, 0.1) is 31.9 Å². The molecule has 0 N–H and O–H groups in total. The van der Waals surface area contributed by atoms with Crippen molar-refractivity contribution in [2.75, 3.05) is 31.7 Å². The van der Waals surface area contributed by atoms with Crippen molar-refractivity contribution in [3.63, 3.8) is 0 Å². The van der Waals surface area contributed by atoms with E-state index in [-0.39, 0.29) is 24.3 Å². The van der Waals surface area contributed by atoms with Crippen LogP contribution in [0.5, 0.6) is 11.5 Å². The third-order valence-corrected chi connectivity index (χ3v) is 7.57. The number of ether oxygens (including phenoxy) is 2. The number of methoxy groups -OCH3 is 1. The van der Waals surface area contributed by atoms with Gasteiger partial charge in [-0.15, -0.1) is 0 Å². The van der Waals surface area contributed by atoms with E-state index in [1.165, 1.54) is 29.7 Å². The van der Waals surface area contributed by atoms with E-state index in [0.29, 0.717) is 18.2 Å². The zero-order valence-corrected chi connectivity index (χ0v) is 21.8. The summed E-state index contributed by atoms with van der Waals surface area (Å²) in [4.78, 5) is 29.6. The minimum atomic E-state index is -0.338. The highest BCUT2D eigenvalue weighted by Gasteiger charge is 2.43.